The SMILES string of the molecule is COc1cccc([C@H]2CCCN2C(=O)c2nnn(C3CCNCC3)c2C)c1. The van der Waals surface area contributed by atoms with E-state index < -0.39 is 0 Å². The Bertz CT molecular complexity index is 812. The van der Waals surface area contributed by atoms with Crippen LogP contribution in [0.4, 0.5) is 0 Å². The molecule has 2 aliphatic heterocycles. The van der Waals surface area contributed by atoms with Gasteiger partial charge < -0.3 is 15.0 Å². The molecule has 144 valence electrons. The Balaban J connectivity index is 1.57. The van der Waals surface area contributed by atoms with Crippen LogP contribution in [0.2, 0.25) is 0 Å². The maximum absolute atomic E-state index is 13.3. The van der Waals surface area contributed by atoms with E-state index in [1.54, 1.807) is 7.11 Å². The Hall–Kier alpha value is -2.41. The Morgan fingerprint density at radius 3 is 2.85 bits per heavy atom. The summed E-state index contributed by atoms with van der Waals surface area (Å²) in [7, 11) is 1.67. The molecule has 1 aromatic heterocycles. The number of hydrogen-bond acceptors (Lipinski definition) is 5. The van der Waals surface area contributed by atoms with Crippen LogP contribution in [0.15, 0.2) is 24.3 Å². The molecule has 0 unspecified atom stereocenters. The second kappa shape index (κ2) is 7.68. The summed E-state index contributed by atoms with van der Waals surface area (Å²) in [5.41, 5.74) is 2.48. The van der Waals surface area contributed by atoms with Crippen LogP contribution < -0.4 is 10.1 Å². The molecule has 7 nitrogen and oxygen atoms in total. The Labute approximate surface area is 159 Å². The topological polar surface area (TPSA) is 72.3 Å². The highest BCUT2D eigenvalue weighted by Gasteiger charge is 2.34. The molecule has 2 aromatic rings. The number of piperidine rings is 1. The van der Waals surface area contributed by atoms with Crippen molar-refractivity contribution in [2.75, 3.05) is 26.7 Å². The molecule has 0 radical (unpaired) electrons. The molecule has 0 spiro atoms. The van der Waals surface area contributed by atoms with Gasteiger partial charge in [-0.15, -0.1) is 5.10 Å². The van der Waals surface area contributed by atoms with Crippen molar-refractivity contribution in [2.45, 2.75) is 44.7 Å². The summed E-state index contributed by atoms with van der Waals surface area (Å²) in [5, 5.41) is 12.0. The van der Waals surface area contributed by atoms with Crippen molar-refractivity contribution >= 4 is 5.91 Å². The van der Waals surface area contributed by atoms with E-state index in [-0.39, 0.29) is 11.9 Å². The number of carbonyl (C=O) groups is 1. The van der Waals surface area contributed by atoms with Gasteiger partial charge in [0.25, 0.3) is 5.91 Å². The first-order valence-corrected chi connectivity index (χ1v) is 9.76. The number of nitrogens with zero attached hydrogens (tertiary/aromatic N) is 4. The summed E-state index contributed by atoms with van der Waals surface area (Å²) in [5.74, 6) is 0.804. The molecular formula is C20H27N5O2. The number of carbonyl (C=O) groups excluding carboxylic acids is 1. The molecule has 7 heteroatoms. The van der Waals surface area contributed by atoms with Crippen LogP contribution in [0.3, 0.4) is 0 Å². The molecule has 1 aromatic carbocycles. The van der Waals surface area contributed by atoms with Crippen LogP contribution in [-0.2, 0) is 0 Å². The van der Waals surface area contributed by atoms with Crippen molar-refractivity contribution < 1.29 is 9.53 Å². The van der Waals surface area contributed by atoms with Gasteiger partial charge in [-0.1, -0.05) is 17.3 Å². The molecule has 0 saturated carbocycles. The Morgan fingerprint density at radius 1 is 1.26 bits per heavy atom. The monoisotopic (exact) mass is 369 g/mol. The summed E-state index contributed by atoms with van der Waals surface area (Å²) in [6, 6.07) is 8.39. The van der Waals surface area contributed by atoms with E-state index in [2.05, 4.69) is 21.7 Å². The zero-order valence-electron chi connectivity index (χ0n) is 16.0. The van der Waals surface area contributed by atoms with Gasteiger partial charge in [-0.2, -0.15) is 0 Å². The smallest absolute Gasteiger partial charge is 0.276 e. The molecular weight excluding hydrogens is 342 g/mol. The number of ether oxygens (including phenoxy) is 1. The average molecular weight is 369 g/mol. The van der Waals surface area contributed by atoms with Crippen LogP contribution in [0.5, 0.6) is 5.75 Å². The highest BCUT2D eigenvalue weighted by Crippen LogP contribution is 2.34. The van der Waals surface area contributed by atoms with Crippen molar-refractivity contribution in [3.63, 3.8) is 0 Å². The summed E-state index contributed by atoms with van der Waals surface area (Å²) in [6.45, 7) is 4.68. The molecule has 1 amide bonds. The van der Waals surface area contributed by atoms with Crippen molar-refractivity contribution in [1.29, 1.82) is 0 Å². The minimum absolute atomic E-state index is 0.0157. The number of methoxy groups -OCH3 is 1. The second-order valence-corrected chi connectivity index (χ2v) is 7.38. The zero-order valence-corrected chi connectivity index (χ0v) is 16.0. The lowest BCUT2D eigenvalue weighted by Gasteiger charge is -2.25. The fraction of sp³-hybridized carbons (Fsp3) is 0.550. The molecule has 3 heterocycles. The average Bonchev–Trinajstić information content (AvgIpc) is 3.35. The van der Waals surface area contributed by atoms with E-state index in [1.807, 2.05) is 34.7 Å². The van der Waals surface area contributed by atoms with Gasteiger partial charge in [0.2, 0.25) is 0 Å². The minimum atomic E-state index is -0.0157. The van der Waals surface area contributed by atoms with Gasteiger partial charge in [0.05, 0.1) is 24.9 Å². The van der Waals surface area contributed by atoms with E-state index >= 15 is 0 Å². The number of rotatable bonds is 4. The van der Waals surface area contributed by atoms with Crippen LogP contribution in [0.1, 0.15) is 59.5 Å². The number of likely N-dealkylation sites (tertiary alicyclic amines) is 1. The molecule has 27 heavy (non-hydrogen) atoms. The maximum atomic E-state index is 13.3. The minimum Gasteiger partial charge on any atom is -0.497 e. The number of benzene rings is 1. The molecule has 0 bridgehead atoms. The van der Waals surface area contributed by atoms with Crippen molar-refractivity contribution in [1.82, 2.24) is 25.2 Å². The lowest BCUT2D eigenvalue weighted by molar-refractivity contribution is 0.0728. The molecule has 2 saturated heterocycles. The molecule has 4 rings (SSSR count). The largest absolute Gasteiger partial charge is 0.497 e. The third kappa shape index (κ3) is 3.43. The molecule has 2 aliphatic rings. The lowest BCUT2D eigenvalue weighted by atomic mass is 10.0. The predicted octanol–water partition coefficient (Wildman–Crippen LogP) is 2.50. The third-order valence-corrected chi connectivity index (χ3v) is 5.78. The highest BCUT2D eigenvalue weighted by atomic mass is 16.5. The van der Waals surface area contributed by atoms with Gasteiger partial charge in [-0.3, -0.25) is 4.79 Å². The van der Waals surface area contributed by atoms with Crippen LogP contribution in [-0.4, -0.2) is 52.5 Å². The van der Waals surface area contributed by atoms with Crippen LogP contribution in [0.25, 0.3) is 0 Å². The molecule has 1 atom stereocenters. The van der Waals surface area contributed by atoms with Gasteiger partial charge >= 0.3 is 0 Å². The summed E-state index contributed by atoms with van der Waals surface area (Å²) in [4.78, 5) is 15.2. The first-order valence-electron chi connectivity index (χ1n) is 9.76. The third-order valence-electron chi connectivity index (χ3n) is 5.78. The van der Waals surface area contributed by atoms with Crippen LogP contribution >= 0.6 is 0 Å². The van der Waals surface area contributed by atoms with Crippen LogP contribution in [0, 0.1) is 6.92 Å². The molecule has 0 aliphatic carbocycles. The quantitative estimate of drug-likeness (QED) is 0.896. The number of amides is 1. The number of aromatic nitrogens is 3. The van der Waals surface area contributed by atoms with E-state index in [1.165, 1.54) is 0 Å². The van der Waals surface area contributed by atoms with E-state index in [0.717, 1.165) is 62.3 Å². The fourth-order valence-electron chi connectivity index (χ4n) is 4.28. The van der Waals surface area contributed by atoms with E-state index in [0.29, 0.717) is 11.7 Å². The first-order chi connectivity index (χ1) is 13.2. The normalized spacial score (nSPS) is 20.8. The van der Waals surface area contributed by atoms with E-state index in [4.69, 9.17) is 4.74 Å². The summed E-state index contributed by atoms with van der Waals surface area (Å²) < 4.78 is 7.30. The number of nitrogens with one attached hydrogen (secondary N) is 1. The van der Waals surface area contributed by atoms with Crippen molar-refractivity contribution in [3.05, 3.63) is 41.2 Å². The van der Waals surface area contributed by atoms with Gasteiger partial charge in [0.15, 0.2) is 5.69 Å². The van der Waals surface area contributed by atoms with Gasteiger partial charge in [-0.25, -0.2) is 4.68 Å². The Kier molecular flexibility index (Phi) is 5.11. The standard InChI is InChI=1S/C20H27N5O2/c1-14-19(22-23-25(14)16-8-10-21-11-9-16)20(26)24-12-4-7-18(24)15-5-3-6-17(13-15)27-2/h3,5-6,13,16,18,21H,4,7-12H2,1-2H3/t18-/m1/s1. The zero-order chi connectivity index (χ0) is 18.8. The maximum Gasteiger partial charge on any atom is 0.276 e. The lowest BCUT2D eigenvalue weighted by Crippen LogP contribution is -2.32. The van der Waals surface area contributed by atoms with Gasteiger partial charge in [0, 0.05) is 6.54 Å². The Morgan fingerprint density at radius 2 is 2.07 bits per heavy atom. The van der Waals surface area contributed by atoms with Gasteiger partial charge in [-0.05, 0) is 63.4 Å². The second-order valence-electron chi connectivity index (χ2n) is 7.38. The van der Waals surface area contributed by atoms with Crippen molar-refractivity contribution in [3.8, 4) is 5.75 Å². The molecule has 1 N–H and O–H groups in total. The number of hydrogen-bond donors (Lipinski definition) is 1. The fourth-order valence-corrected chi connectivity index (χ4v) is 4.28. The summed E-state index contributed by atoms with van der Waals surface area (Å²) in [6.07, 6.45) is 4.00. The van der Waals surface area contributed by atoms with Gasteiger partial charge in [0.1, 0.15) is 5.75 Å². The van der Waals surface area contributed by atoms with Crippen molar-refractivity contribution in [2.24, 2.45) is 0 Å². The van der Waals surface area contributed by atoms with E-state index in [9.17, 15) is 4.79 Å². The first kappa shape index (κ1) is 18.0. The highest BCUT2D eigenvalue weighted by molar-refractivity contribution is 5.93. The summed E-state index contributed by atoms with van der Waals surface area (Å²) >= 11 is 0. The molecule has 2 fully saturated rings. The predicted molar refractivity (Wildman–Crippen MR) is 102 cm³/mol.